The topological polar surface area (TPSA) is 89.2 Å². The summed E-state index contributed by atoms with van der Waals surface area (Å²) in [6, 6.07) is 4.39. The Balaban J connectivity index is 1.57. The van der Waals surface area contributed by atoms with Crippen LogP contribution in [-0.4, -0.2) is 41.1 Å². The molecule has 1 aliphatic heterocycles. The van der Waals surface area contributed by atoms with E-state index < -0.39 is 11.9 Å². The summed E-state index contributed by atoms with van der Waals surface area (Å²) in [5.41, 5.74) is 7.85. The Morgan fingerprint density at radius 1 is 1.10 bits per heavy atom. The molecule has 1 fully saturated rings. The van der Waals surface area contributed by atoms with Crippen LogP contribution in [0, 0.1) is 5.82 Å². The summed E-state index contributed by atoms with van der Waals surface area (Å²) in [6.45, 7) is 5.26. The molecule has 4 rings (SSSR count). The molecular formula is C21H21Cl2FN6O. The second-order valence-electron chi connectivity index (χ2n) is 7.13. The standard InChI is InChI=1S/C21H21Cl2FN6O/c1-12(18-15(22)2-3-16(24)19(18)23)31-17-8-13(9-27-20(17)25)14-10-28-21(29-11-14)30-6-4-26-5-7-30/h2-3,8-12,26H,4-7H2,1H3,(H2,25,27). The number of ether oxygens (including phenoxy) is 1. The van der Waals surface area contributed by atoms with Gasteiger partial charge in [0.25, 0.3) is 0 Å². The number of nitrogens with one attached hydrogen (secondary N) is 1. The van der Waals surface area contributed by atoms with Crippen LogP contribution in [0.2, 0.25) is 10.0 Å². The van der Waals surface area contributed by atoms with Crippen molar-refractivity contribution >= 4 is 35.0 Å². The van der Waals surface area contributed by atoms with Gasteiger partial charge in [0.2, 0.25) is 5.95 Å². The summed E-state index contributed by atoms with van der Waals surface area (Å²) in [5, 5.41) is 3.52. The van der Waals surface area contributed by atoms with Crippen LogP contribution >= 0.6 is 23.2 Å². The quantitative estimate of drug-likeness (QED) is 0.551. The van der Waals surface area contributed by atoms with Gasteiger partial charge in [0.05, 0.1) is 5.02 Å². The van der Waals surface area contributed by atoms with Gasteiger partial charge in [-0.1, -0.05) is 23.2 Å². The van der Waals surface area contributed by atoms with Crippen LogP contribution < -0.4 is 20.7 Å². The van der Waals surface area contributed by atoms with Crippen LogP contribution in [0.25, 0.3) is 11.1 Å². The van der Waals surface area contributed by atoms with Crippen molar-refractivity contribution in [2.45, 2.75) is 13.0 Å². The van der Waals surface area contributed by atoms with Crippen molar-refractivity contribution in [2.24, 2.45) is 0 Å². The number of nitrogen functional groups attached to an aromatic ring is 1. The number of nitrogens with zero attached hydrogens (tertiary/aromatic N) is 4. The molecule has 1 aromatic carbocycles. The minimum Gasteiger partial charge on any atom is -0.482 e. The normalized spacial score (nSPS) is 15.0. The Kier molecular flexibility index (Phi) is 6.41. The fourth-order valence-corrected chi connectivity index (χ4v) is 4.05. The van der Waals surface area contributed by atoms with Crippen LogP contribution in [0.4, 0.5) is 16.2 Å². The molecule has 0 aliphatic carbocycles. The summed E-state index contributed by atoms with van der Waals surface area (Å²) in [4.78, 5) is 15.3. The number of piperazine rings is 1. The Hall–Kier alpha value is -2.68. The van der Waals surface area contributed by atoms with Gasteiger partial charge in [-0.05, 0) is 25.1 Å². The summed E-state index contributed by atoms with van der Waals surface area (Å²) in [5.74, 6) is 0.636. The third kappa shape index (κ3) is 4.66. The fraction of sp³-hybridized carbons (Fsp3) is 0.286. The molecular weight excluding hydrogens is 442 g/mol. The molecule has 1 saturated heterocycles. The number of aromatic nitrogens is 3. The van der Waals surface area contributed by atoms with E-state index in [1.54, 1.807) is 31.6 Å². The summed E-state index contributed by atoms with van der Waals surface area (Å²) < 4.78 is 19.8. The highest BCUT2D eigenvalue weighted by Gasteiger charge is 2.20. The molecule has 0 bridgehead atoms. The van der Waals surface area contributed by atoms with Gasteiger partial charge < -0.3 is 20.7 Å². The third-order valence-electron chi connectivity index (χ3n) is 5.04. The molecule has 0 radical (unpaired) electrons. The van der Waals surface area contributed by atoms with Crippen LogP contribution in [0.15, 0.2) is 36.8 Å². The van der Waals surface area contributed by atoms with E-state index in [0.717, 1.165) is 37.3 Å². The maximum Gasteiger partial charge on any atom is 0.225 e. The zero-order valence-corrected chi connectivity index (χ0v) is 18.3. The average Bonchev–Trinajstić information content (AvgIpc) is 2.79. The first kappa shape index (κ1) is 21.5. The van der Waals surface area contributed by atoms with E-state index in [1.165, 1.54) is 12.1 Å². The van der Waals surface area contributed by atoms with Gasteiger partial charge in [0.15, 0.2) is 11.6 Å². The van der Waals surface area contributed by atoms with E-state index in [0.29, 0.717) is 22.3 Å². The first-order valence-electron chi connectivity index (χ1n) is 9.77. The Morgan fingerprint density at radius 2 is 1.77 bits per heavy atom. The number of benzene rings is 1. The van der Waals surface area contributed by atoms with E-state index >= 15 is 0 Å². The second kappa shape index (κ2) is 9.21. The van der Waals surface area contributed by atoms with Crippen molar-refractivity contribution < 1.29 is 9.13 Å². The first-order chi connectivity index (χ1) is 14.9. The van der Waals surface area contributed by atoms with Gasteiger partial charge in [-0.15, -0.1) is 0 Å². The van der Waals surface area contributed by atoms with Crippen LogP contribution in [0.5, 0.6) is 5.75 Å². The molecule has 0 spiro atoms. The van der Waals surface area contributed by atoms with E-state index in [-0.39, 0.29) is 10.8 Å². The lowest BCUT2D eigenvalue weighted by atomic mass is 10.1. The Labute approximate surface area is 189 Å². The van der Waals surface area contributed by atoms with Gasteiger partial charge in [-0.2, -0.15) is 0 Å². The van der Waals surface area contributed by atoms with Crippen molar-refractivity contribution in [1.82, 2.24) is 20.3 Å². The maximum atomic E-state index is 13.9. The molecule has 0 amide bonds. The monoisotopic (exact) mass is 462 g/mol. The Morgan fingerprint density at radius 3 is 2.48 bits per heavy atom. The van der Waals surface area contributed by atoms with Gasteiger partial charge in [-0.3, -0.25) is 0 Å². The number of hydrogen-bond donors (Lipinski definition) is 2. The summed E-state index contributed by atoms with van der Waals surface area (Å²) >= 11 is 12.3. The predicted molar refractivity (Wildman–Crippen MR) is 120 cm³/mol. The van der Waals surface area contributed by atoms with Gasteiger partial charge >= 0.3 is 0 Å². The molecule has 3 aromatic rings. The van der Waals surface area contributed by atoms with E-state index in [9.17, 15) is 4.39 Å². The Bertz CT molecular complexity index is 1080. The SMILES string of the molecule is CC(Oc1cc(-c2cnc(N3CCNCC3)nc2)cnc1N)c1c(Cl)ccc(F)c1Cl. The molecule has 0 saturated carbocycles. The smallest absolute Gasteiger partial charge is 0.225 e. The van der Waals surface area contributed by atoms with Gasteiger partial charge in [-0.25, -0.2) is 19.3 Å². The van der Waals surface area contributed by atoms with E-state index in [1.807, 2.05) is 0 Å². The van der Waals surface area contributed by atoms with E-state index in [4.69, 9.17) is 33.7 Å². The largest absolute Gasteiger partial charge is 0.482 e. The molecule has 2 aromatic heterocycles. The molecule has 31 heavy (non-hydrogen) atoms. The lowest BCUT2D eigenvalue weighted by Gasteiger charge is -2.27. The van der Waals surface area contributed by atoms with Gasteiger partial charge in [0, 0.05) is 66.5 Å². The average molecular weight is 463 g/mol. The van der Waals surface area contributed by atoms with Crippen LogP contribution in [0.1, 0.15) is 18.6 Å². The molecule has 1 aliphatic rings. The van der Waals surface area contributed by atoms with Crippen LogP contribution in [-0.2, 0) is 0 Å². The molecule has 162 valence electrons. The third-order valence-corrected chi connectivity index (χ3v) is 5.76. The maximum absolute atomic E-state index is 13.9. The predicted octanol–water partition coefficient (Wildman–Crippen LogP) is 4.12. The number of hydrogen-bond acceptors (Lipinski definition) is 7. The van der Waals surface area contributed by atoms with Gasteiger partial charge in [0.1, 0.15) is 11.9 Å². The number of halogens is 3. The van der Waals surface area contributed by atoms with Crippen molar-refractivity contribution in [1.29, 1.82) is 0 Å². The minimum atomic E-state index is -0.651. The van der Waals surface area contributed by atoms with E-state index in [2.05, 4.69) is 25.2 Å². The number of rotatable bonds is 5. The van der Waals surface area contributed by atoms with Crippen molar-refractivity contribution in [3.8, 4) is 16.9 Å². The van der Waals surface area contributed by atoms with Crippen molar-refractivity contribution in [3.05, 3.63) is 58.2 Å². The van der Waals surface area contributed by atoms with Crippen LogP contribution in [0.3, 0.4) is 0 Å². The lowest BCUT2D eigenvalue weighted by molar-refractivity contribution is 0.227. The highest BCUT2D eigenvalue weighted by Crippen LogP contribution is 2.36. The summed E-state index contributed by atoms with van der Waals surface area (Å²) in [7, 11) is 0. The zero-order valence-electron chi connectivity index (χ0n) is 16.8. The number of nitrogens with two attached hydrogens (primary N) is 1. The molecule has 3 heterocycles. The zero-order chi connectivity index (χ0) is 22.0. The highest BCUT2D eigenvalue weighted by molar-refractivity contribution is 6.36. The molecule has 1 atom stereocenters. The second-order valence-corrected chi connectivity index (χ2v) is 7.92. The molecule has 1 unspecified atom stereocenters. The van der Waals surface area contributed by atoms with Crippen molar-refractivity contribution in [2.75, 3.05) is 36.8 Å². The molecule has 3 N–H and O–H groups in total. The minimum absolute atomic E-state index is 0.0837. The number of pyridine rings is 1. The molecule has 10 heteroatoms. The lowest BCUT2D eigenvalue weighted by Crippen LogP contribution is -2.44. The number of anilines is 2. The summed E-state index contributed by atoms with van der Waals surface area (Å²) in [6.07, 6.45) is 4.45. The van der Waals surface area contributed by atoms with Crippen molar-refractivity contribution in [3.63, 3.8) is 0 Å². The fourth-order valence-electron chi connectivity index (χ4n) is 3.37. The first-order valence-corrected chi connectivity index (χ1v) is 10.5. The molecule has 7 nitrogen and oxygen atoms in total. The highest BCUT2D eigenvalue weighted by atomic mass is 35.5.